The van der Waals surface area contributed by atoms with Crippen molar-refractivity contribution in [1.29, 1.82) is 5.26 Å². The fourth-order valence-corrected chi connectivity index (χ4v) is 4.21. The van der Waals surface area contributed by atoms with Gasteiger partial charge in [0.1, 0.15) is 11.9 Å². The minimum atomic E-state index is -1.00. The summed E-state index contributed by atoms with van der Waals surface area (Å²) in [6, 6.07) is 18.3. The topological polar surface area (TPSA) is 126 Å². The zero-order chi connectivity index (χ0) is 22.0. The molecule has 7 nitrogen and oxygen atoms in total. The first kappa shape index (κ1) is 20.1. The third-order valence-electron chi connectivity index (χ3n) is 5.62. The molecule has 4 N–H and O–H groups in total. The lowest BCUT2D eigenvalue weighted by molar-refractivity contribution is -0.123. The van der Waals surface area contributed by atoms with E-state index in [9.17, 15) is 14.9 Å². The number of amides is 2. The van der Waals surface area contributed by atoms with Crippen molar-refractivity contribution >= 4 is 17.6 Å². The van der Waals surface area contributed by atoms with Gasteiger partial charge < -0.3 is 16.4 Å². The zero-order valence-electron chi connectivity index (χ0n) is 16.7. The molecule has 1 aliphatic carbocycles. The van der Waals surface area contributed by atoms with Crippen LogP contribution in [0, 0.1) is 11.3 Å². The van der Waals surface area contributed by atoms with Gasteiger partial charge in [-0.1, -0.05) is 36.4 Å². The third kappa shape index (κ3) is 3.71. The molecule has 0 unspecified atom stereocenters. The summed E-state index contributed by atoms with van der Waals surface area (Å²) in [5.74, 6) is -0.997. The average molecular weight is 411 g/mol. The Balaban J connectivity index is 1.89. The molecular formula is C24H21N5O2. The molecule has 0 fully saturated rings. The van der Waals surface area contributed by atoms with Crippen LogP contribution < -0.4 is 11.5 Å². The Morgan fingerprint density at radius 2 is 1.90 bits per heavy atom. The SMILES string of the molecule is N#Cc1ccc2c(c1)[C@H](N(C(=O)c1cccnc1N)[C@@H](C(N)=O)c1ccccc1)CC2. The number of aryl methyl sites for hydroxylation is 1. The van der Waals surface area contributed by atoms with Gasteiger partial charge >= 0.3 is 0 Å². The van der Waals surface area contributed by atoms with Gasteiger partial charge in [0, 0.05) is 6.20 Å². The molecule has 2 atom stereocenters. The quantitative estimate of drug-likeness (QED) is 0.667. The van der Waals surface area contributed by atoms with E-state index in [1.807, 2.05) is 12.1 Å². The summed E-state index contributed by atoms with van der Waals surface area (Å²) in [4.78, 5) is 32.0. The van der Waals surface area contributed by atoms with Gasteiger partial charge in [-0.05, 0) is 53.8 Å². The van der Waals surface area contributed by atoms with Gasteiger partial charge in [0.25, 0.3) is 5.91 Å². The number of fused-ring (bicyclic) bond motifs is 1. The first-order chi connectivity index (χ1) is 15.0. The number of hydrogen-bond acceptors (Lipinski definition) is 5. The second-order valence-electron chi connectivity index (χ2n) is 7.44. The Hall–Kier alpha value is -4.18. The van der Waals surface area contributed by atoms with E-state index in [0.29, 0.717) is 17.5 Å². The highest BCUT2D eigenvalue weighted by molar-refractivity contribution is 6.01. The first-order valence-electron chi connectivity index (χ1n) is 9.91. The van der Waals surface area contributed by atoms with Gasteiger partial charge in [-0.3, -0.25) is 9.59 Å². The average Bonchev–Trinajstić information content (AvgIpc) is 3.20. The molecule has 0 saturated carbocycles. The highest BCUT2D eigenvalue weighted by Crippen LogP contribution is 2.41. The summed E-state index contributed by atoms with van der Waals surface area (Å²) in [6.07, 6.45) is 2.83. The van der Waals surface area contributed by atoms with E-state index in [2.05, 4.69) is 11.1 Å². The number of nitriles is 1. The molecule has 2 aromatic carbocycles. The highest BCUT2D eigenvalue weighted by Gasteiger charge is 2.40. The number of hydrogen-bond donors (Lipinski definition) is 2. The molecule has 3 aromatic rings. The normalized spacial score (nSPS) is 15.5. The molecule has 31 heavy (non-hydrogen) atoms. The molecular weight excluding hydrogens is 390 g/mol. The van der Waals surface area contributed by atoms with Crippen LogP contribution in [-0.4, -0.2) is 21.7 Å². The van der Waals surface area contributed by atoms with Crippen molar-refractivity contribution in [2.45, 2.75) is 24.9 Å². The Labute approximate surface area is 179 Å². The highest BCUT2D eigenvalue weighted by atomic mass is 16.2. The van der Waals surface area contributed by atoms with Crippen molar-refractivity contribution in [2.24, 2.45) is 5.73 Å². The van der Waals surface area contributed by atoms with Gasteiger partial charge in [0.2, 0.25) is 5.91 Å². The smallest absolute Gasteiger partial charge is 0.259 e. The fraction of sp³-hybridized carbons (Fsp3) is 0.167. The number of pyridine rings is 1. The molecule has 1 heterocycles. The van der Waals surface area contributed by atoms with Gasteiger partial charge in [0.15, 0.2) is 0 Å². The van der Waals surface area contributed by atoms with Crippen LogP contribution in [0.15, 0.2) is 66.9 Å². The number of anilines is 1. The maximum Gasteiger partial charge on any atom is 0.259 e. The number of nitrogens with zero attached hydrogens (tertiary/aromatic N) is 3. The zero-order valence-corrected chi connectivity index (χ0v) is 16.7. The van der Waals surface area contributed by atoms with Gasteiger partial charge in [-0.2, -0.15) is 5.26 Å². The van der Waals surface area contributed by atoms with Crippen molar-refractivity contribution in [3.8, 4) is 6.07 Å². The summed E-state index contributed by atoms with van der Waals surface area (Å²) in [5, 5.41) is 9.36. The van der Waals surface area contributed by atoms with E-state index in [0.717, 1.165) is 17.5 Å². The molecule has 0 bridgehead atoms. The van der Waals surface area contributed by atoms with Crippen molar-refractivity contribution in [3.05, 3.63) is 94.7 Å². The van der Waals surface area contributed by atoms with Crippen LogP contribution in [-0.2, 0) is 11.2 Å². The molecule has 4 rings (SSSR count). The predicted octanol–water partition coefficient (Wildman–Crippen LogP) is 2.89. The number of carbonyl (C=O) groups is 2. The summed E-state index contributed by atoms with van der Waals surface area (Å²) in [6.45, 7) is 0. The molecule has 0 spiro atoms. The Kier molecular flexibility index (Phi) is 5.37. The number of benzene rings is 2. The number of rotatable bonds is 5. The standard InChI is InChI=1S/C24H21N5O2/c25-14-15-8-9-16-10-11-20(19(16)13-15)29(24(31)18-7-4-12-28-22(18)26)21(23(27)30)17-5-2-1-3-6-17/h1-9,12-13,20-21H,10-11H2,(H2,26,28)(H2,27,30)/t20-,21-/m1/s1. The van der Waals surface area contributed by atoms with Crippen LogP contribution in [0.5, 0.6) is 0 Å². The Bertz CT molecular complexity index is 1190. The van der Waals surface area contributed by atoms with Crippen LogP contribution in [0.2, 0.25) is 0 Å². The summed E-state index contributed by atoms with van der Waals surface area (Å²) >= 11 is 0. The van der Waals surface area contributed by atoms with E-state index in [-0.39, 0.29) is 11.4 Å². The Morgan fingerprint density at radius 3 is 2.58 bits per heavy atom. The van der Waals surface area contributed by atoms with Crippen molar-refractivity contribution in [1.82, 2.24) is 9.88 Å². The largest absolute Gasteiger partial charge is 0.383 e. The number of aromatic nitrogens is 1. The number of nitrogen functional groups attached to an aromatic ring is 1. The van der Waals surface area contributed by atoms with Gasteiger partial charge in [0.05, 0.1) is 23.2 Å². The summed E-state index contributed by atoms with van der Waals surface area (Å²) in [5.41, 5.74) is 15.0. The molecule has 2 amide bonds. The maximum absolute atomic E-state index is 13.8. The van der Waals surface area contributed by atoms with Crippen molar-refractivity contribution in [3.63, 3.8) is 0 Å². The minimum Gasteiger partial charge on any atom is -0.383 e. The van der Waals surface area contributed by atoms with Crippen molar-refractivity contribution < 1.29 is 9.59 Å². The molecule has 0 aliphatic heterocycles. The van der Waals surface area contributed by atoms with E-state index in [1.54, 1.807) is 48.5 Å². The van der Waals surface area contributed by atoms with Crippen LogP contribution in [0.4, 0.5) is 5.82 Å². The minimum absolute atomic E-state index is 0.0813. The number of primary amides is 1. The third-order valence-corrected chi connectivity index (χ3v) is 5.62. The molecule has 1 aromatic heterocycles. The molecule has 1 aliphatic rings. The maximum atomic E-state index is 13.8. The van der Waals surface area contributed by atoms with Crippen LogP contribution in [0.1, 0.15) is 51.1 Å². The van der Waals surface area contributed by atoms with E-state index < -0.39 is 23.9 Å². The molecule has 154 valence electrons. The van der Waals surface area contributed by atoms with E-state index >= 15 is 0 Å². The molecule has 0 radical (unpaired) electrons. The van der Waals surface area contributed by atoms with Crippen LogP contribution in [0.25, 0.3) is 0 Å². The lowest BCUT2D eigenvalue weighted by Gasteiger charge is -2.36. The predicted molar refractivity (Wildman–Crippen MR) is 115 cm³/mol. The van der Waals surface area contributed by atoms with E-state index in [4.69, 9.17) is 11.5 Å². The summed E-state index contributed by atoms with van der Waals surface area (Å²) in [7, 11) is 0. The lowest BCUT2D eigenvalue weighted by Crippen LogP contribution is -2.43. The fourth-order valence-electron chi connectivity index (χ4n) is 4.21. The molecule has 7 heteroatoms. The van der Waals surface area contributed by atoms with E-state index in [1.165, 1.54) is 11.1 Å². The number of carbonyl (C=O) groups excluding carboxylic acids is 2. The molecule has 0 saturated heterocycles. The number of nitrogens with two attached hydrogens (primary N) is 2. The monoisotopic (exact) mass is 411 g/mol. The second-order valence-corrected chi connectivity index (χ2v) is 7.44. The van der Waals surface area contributed by atoms with Gasteiger partial charge in [-0.15, -0.1) is 0 Å². The first-order valence-corrected chi connectivity index (χ1v) is 9.91. The summed E-state index contributed by atoms with van der Waals surface area (Å²) < 4.78 is 0. The lowest BCUT2D eigenvalue weighted by atomic mass is 9.97. The van der Waals surface area contributed by atoms with Crippen molar-refractivity contribution in [2.75, 3.05) is 5.73 Å². The van der Waals surface area contributed by atoms with Gasteiger partial charge in [-0.25, -0.2) is 4.98 Å². The van der Waals surface area contributed by atoms with Crippen LogP contribution in [0.3, 0.4) is 0 Å². The Morgan fingerprint density at radius 1 is 1.13 bits per heavy atom. The van der Waals surface area contributed by atoms with Crippen LogP contribution >= 0.6 is 0 Å². The second kappa shape index (κ2) is 8.28.